The van der Waals surface area contributed by atoms with Crippen molar-refractivity contribution in [2.45, 2.75) is 18.5 Å². The smallest absolute Gasteiger partial charge is 0.316 e. The number of carboxylic acids is 1. The van der Waals surface area contributed by atoms with Crippen molar-refractivity contribution in [3.8, 4) is 11.5 Å². The van der Waals surface area contributed by atoms with E-state index in [9.17, 15) is 33.1 Å². The highest BCUT2D eigenvalue weighted by molar-refractivity contribution is 6.14. The second-order valence-electron chi connectivity index (χ2n) is 7.12. The Hall–Kier alpha value is -4.28. The highest BCUT2D eigenvalue weighted by atomic mass is 19.1. The number of hydrogen-bond acceptors (Lipinski definition) is 5. The summed E-state index contributed by atoms with van der Waals surface area (Å²) in [4.78, 5) is 49.0. The number of rotatable bonds is 7. The maximum atomic E-state index is 13.9. The van der Waals surface area contributed by atoms with E-state index in [-0.39, 0.29) is 11.5 Å². The number of amides is 3. The van der Waals surface area contributed by atoms with Gasteiger partial charge in [0.1, 0.15) is 11.6 Å². The van der Waals surface area contributed by atoms with E-state index >= 15 is 0 Å². The molecule has 3 rings (SSSR count). The molecule has 0 saturated carbocycles. The molecule has 2 aromatic carbocycles. The van der Waals surface area contributed by atoms with E-state index < -0.39 is 53.8 Å². The molecule has 0 spiro atoms. The minimum atomic E-state index is -1.44. The molecule has 33 heavy (non-hydrogen) atoms. The second kappa shape index (κ2) is 9.90. The number of likely N-dealkylation sites (N-methyl/N-ethyl adjacent to an activating group) is 1. The van der Waals surface area contributed by atoms with Gasteiger partial charge < -0.3 is 25.4 Å². The van der Waals surface area contributed by atoms with Crippen LogP contribution < -0.4 is 15.4 Å². The van der Waals surface area contributed by atoms with Crippen LogP contribution in [0.4, 0.5) is 13.6 Å². The lowest BCUT2D eigenvalue weighted by Crippen LogP contribution is -2.55. The molecule has 2 atom stereocenters. The number of halogens is 2. The van der Waals surface area contributed by atoms with Crippen molar-refractivity contribution in [3.05, 3.63) is 71.9 Å². The molecule has 0 bridgehead atoms. The maximum Gasteiger partial charge on any atom is 0.316 e. The van der Waals surface area contributed by atoms with Gasteiger partial charge in [-0.15, -0.1) is 0 Å². The molecule has 1 aliphatic heterocycles. The predicted molar refractivity (Wildman–Crippen MR) is 110 cm³/mol. The van der Waals surface area contributed by atoms with Crippen LogP contribution in [-0.2, 0) is 14.4 Å². The van der Waals surface area contributed by atoms with E-state index in [1.807, 2.05) is 0 Å². The molecule has 1 aliphatic rings. The quantitative estimate of drug-likeness (QED) is 0.547. The van der Waals surface area contributed by atoms with Gasteiger partial charge in [0.05, 0.1) is 12.5 Å². The van der Waals surface area contributed by atoms with Crippen LogP contribution >= 0.6 is 0 Å². The molecule has 172 valence electrons. The molecule has 11 heteroatoms. The lowest BCUT2D eigenvalue weighted by Gasteiger charge is -2.25. The number of urea groups is 1. The second-order valence-corrected chi connectivity index (χ2v) is 7.12. The van der Waals surface area contributed by atoms with Crippen LogP contribution in [0.5, 0.6) is 11.5 Å². The van der Waals surface area contributed by atoms with Gasteiger partial charge >= 0.3 is 12.0 Å². The average molecular weight is 459 g/mol. The van der Waals surface area contributed by atoms with E-state index in [1.165, 1.54) is 37.5 Å². The van der Waals surface area contributed by atoms with E-state index in [0.717, 1.165) is 23.1 Å². The van der Waals surface area contributed by atoms with Gasteiger partial charge in [-0.2, -0.15) is 0 Å². The number of benzene rings is 2. The van der Waals surface area contributed by atoms with Gasteiger partial charge in [-0.25, -0.2) is 13.6 Å². The molecule has 3 amide bonds. The number of hydrogen-bond donors (Lipinski definition) is 3. The molecular formula is C22H19F2N3O6. The summed E-state index contributed by atoms with van der Waals surface area (Å²) in [6.07, 6.45) is 1.87. The third kappa shape index (κ3) is 5.91. The third-order valence-electron chi connectivity index (χ3n) is 4.68. The Labute approximate surface area is 186 Å². The summed E-state index contributed by atoms with van der Waals surface area (Å²) in [7, 11) is 1.42. The van der Waals surface area contributed by atoms with Gasteiger partial charge in [0, 0.05) is 25.4 Å². The Balaban J connectivity index is 1.77. The first-order chi connectivity index (χ1) is 15.6. The number of aliphatic carboxylic acids is 1. The van der Waals surface area contributed by atoms with Crippen LogP contribution in [0.25, 0.3) is 0 Å². The first-order valence-electron chi connectivity index (χ1n) is 9.64. The van der Waals surface area contributed by atoms with Crippen LogP contribution in [-0.4, -0.2) is 46.8 Å². The standard InChI is InChI=1S/C22H19F2N3O6/c1-27-8-7-17(28)20(21(27)31)26-22(32)25-16(11-19(29)30)12-3-2-4-14(9-12)33-18-6-5-13(23)10-15(18)24/h2-10,16,20H,11H2,1H3,(H,29,30)(H2,25,26,32). The highest BCUT2D eigenvalue weighted by Gasteiger charge is 2.32. The predicted octanol–water partition coefficient (Wildman–Crippen LogP) is 2.50. The average Bonchev–Trinajstić information content (AvgIpc) is 2.75. The van der Waals surface area contributed by atoms with Crippen LogP contribution in [0.2, 0.25) is 0 Å². The van der Waals surface area contributed by atoms with E-state index in [4.69, 9.17) is 4.74 Å². The SMILES string of the molecule is CN1C=CC(=O)C(NC(=O)NC(CC(=O)O)c2cccc(Oc3ccc(F)cc3F)c2)C1=O. The number of carbonyl (C=O) groups excluding carboxylic acids is 3. The monoisotopic (exact) mass is 459 g/mol. The number of nitrogens with one attached hydrogen (secondary N) is 2. The van der Waals surface area contributed by atoms with Gasteiger partial charge in [0.15, 0.2) is 23.4 Å². The van der Waals surface area contributed by atoms with Crippen LogP contribution in [0.1, 0.15) is 18.0 Å². The fraction of sp³-hybridized carbons (Fsp3) is 0.182. The molecule has 2 unspecified atom stereocenters. The molecule has 2 aromatic rings. The molecular weight excluding hydrogens is 440 g/mol. The van der Waals surface area contributed by atoms with Gasteiger partial charge in [-0.3, -0.25) is 14.4 Å². The number of carboxylic acid groups (broad SMARTS) is 1. The van der Waals surface area contributed by atoms with Gasteiger partial charge in [-0.1, -0.05) is 12.1 Å². The van der Waals surface area contributed by atoms with E-state index in [0.29, 0.717) is 11.6 Å². The van der Waals surface area contributed by atoms with Crippen molar-refractivity contribution < 1.29 is 37.8 Å². The third-order valence-corrected chi connectivity index (χ3v) is 4.68. The Morgan fingerprint density at radius 3 is 2.64 bits per heavy atom. The Bertz CT molecular complexity index is 1140. The Morgan fingerprint density at radius 2 is 1.94 bits per heavy atom. The number of nitrogens with zero attached hydrogens (tertiary/aromatic N) is 1. The number of ketones is 1. The van der Waals surface area contributed by atoms with Crippen molar-refractivity contribution in [2.75, 3.05) is 7.05 Å². The first kappa shape index (κ1) is 23.4. The highest BCUT2D eigenvalue weighted by Crippen LogP contribution is 2.28. The Morgan fingerprint density at radius 1 is 1.18 bits per heavy atom. The molecule has 0 aromatic heterocycles. The van der Waals surface area contributed by atoms with Gasteiger partial charge in [-0.05, 0) is 29.8 Å². The molecule has 0 aliphatic carbocycles. The lowest BCUT2D eigenvalue weighted by molar-refractivity contribution is -0.138. The molecule has 0 fully saturated rings. The van der Waals surface area contributed by atoms with Crippen LogP contribution in [0.3, 0.4) is 0 Å². The Kier molecular flexibility index (Phi) is 7.01. The summed E-state index contributed by atoms with van der Waals surface area (Å²) in [5.74, 6) is -4.35. The fourth-order valence-electron chi connectivity index (χ4n) is 3.05. The maximum absolute atomic E-state index is 13.9. The van der Waals surface area contributed by atoms with Crippen LogP contribution in [0.15, 0.2) is 54.7 Å². The van der Waals surface area contributed by atoms with E-state index in [1.54, 1.807) is 0 Å². The zero-order chi connectivity index (χ0) is 24.1. The van der Waals surface area contributed by atoms with Crippen molar-refractivity contribution >= 4 is 23.7 Å². The van der Waals surface area contributed by atoms with Crippen molar-refractivity contribution in [1.82, 2.24) is 15.5 Å². The fourth-order valence-corrected chi connectivity index (χ4v) is 3.05. The normalized spacial score (nSPS) is 16.3. The molecule has 0 saturated heterocycles. The van der Waals surface area contributed by atoms with Crippen LogP contribution in [0, 0.1) is 11.6 Å². The zero-order valence-electron chi connectivity index (χ0n) is 17.2. The zero-order valence-corrected chi connectivity index (χ0v) is 17.2. The summed E-state index contributed by atoms with van der Waals surface area (Å²) in [5, 5.41) is 13.9. The van der Waals surface area contributed by atoms with E-state index in [2.05, 4.69) is 10.6 Å². The first-order valence-corrected chi connectivity index (χ1v) is 9.64. The van der Waals surface area contributed by atoms with Gasteiger partial charge in [0.25, 0.3) is 5.91 Å². The minimum absolute atomic E-state index is 0.111. The molecule has 9 nitrogen and oxygen atoms in total. The largest absolute Gasteiger partial charge is 0.481 e. The summed E-state index contributed by atoms with van der Waals surface area (Å²) >= 11 is 0. The van der Waals surface area contributed by atoms with Crippen molar-refractivity contribution in [3.63, 3.8) is 0 Å². The summed E-state index contributed by atoms with van der Waals surface area (Å²) in [6, 6.07) is 5.15. The minimum Gasteiger partial charge on any atom is -0.481 e. The summed E-state index contributed by atoms with van der Waals surface area (Å²) in [6.45, 7) is 0. The summed E-state index contributed by atoms with van der Waals surface area (Å²) < 4.78 is 32.4. The molecule has 3 N–H and O–H groups in total. The lowest BCUT2D eigenvalue weighted by atomic mass is 10.0. The number of carbonyl (C=O) groups is 4. The van der Waals surface area contributed by atoms with Gasteiger partial charge in [0.2, 0.25) is 0 Å². The number of ether oxygens (including phenoxy) is 1. The molecule has 0 radical (unpaired) electrons. The summed E-state index contributed by atoms with van der Waals surface area (Å²) in [5.41, 5.74) is 0.297. The molecule has 1 heterocycles. The van der Waals surface area contributed by atoms with Crippen molar-refractivity contribution in [2.24, 2.45) is 0 Å². The topological polar surface area (TPSA) is 125 Å². The van der Waals surface area contributed by atoms with Crippen molar-refractivity contribution in [1.29, 1.82) is 0 Å².